The first-order valence-electron chi connectivity index (χ1n) is 6.34. The predicted octanol–water partition coefficient (Wildman–Crippen LogP) is 3.04. The molecule has 0 bridgehead atoms. The summed E-state index contributed by atoms with van der Waals surface area (Å²) in [7, 11) is 1.47. The molecule has 0 aliphatic carbocycles. The maximum absolute atomic E-state index is 13.8. The second kappa shape index (κ2) is 6.74. The molecule has 0 aromatic heterocycles. The zero-order valence-corrected chi connectivity index (χ0v) is 11.5. The van der Waals surface area contributed by atoms with Crippen LogP contribution in [-0.2, 0) is 17.8 Å². The highest BCUT2D eigenvalue weighted by Gasteiger charge is 2.06. The molecule has 0 unspecified atom stereocenters. The third-order valence-corrected chi connectivity index (χ3v) is 2.91. The molecule has 0 aliphatic heterocycles. The third-order valence-electron chi connectivity index (χ3n) is 2.91. The standard InChI is InChI=1S/C16H15FO4/c1-20-13-6-5-12(15(17)9-13)10-21-14-4-2-3-11(7-14)8-16(18)19/h2-7,9H,8,10H2,1H3,(H,18,19). The van der Waals surface area contributed by atoms with Crippen molar-refractivity contribution in [2.75, 3.05) is 7.11 Å². The van der Waals surface area contributed by atoms with E-state index < -0.39 is 11.8 Å². The van der Waals surface area contributed by atoms with Crippen LogP contribution in [0, 0.1) is 5.82 Å². The van der Waals surface area contributed by atoms with E-state index in [1.54, 1.807) is 36.4 Å². The van der Waals surface area contributed by atoms with Crippen molar-refractivity contribution in [3.05, 3.63) is 59.4 Å². The minimum atomic E-state index is -0.909. The molecule has 0 saturated heterocycles. The van der Waals surface area contributed by atoms with Crippen molar-refractivity contribution in [1.82, 2.24) is 0 Å². The molecule has 0 saturated carbocycles. The maximum atomic E-state index is 13.8. The quantitative estimate of drug-likeness (QED) is 0.888. The van der Waals surface area contributed by atoms with Crippen LogP contribution in [0.4, 0.5) is 4.39 Å². The van der Waals surface area contributed by atoms with Gasteiger partial charge in [-0.1, -0.05) is 12.1 Å². The average Bonchev–Trinajstić information content (AvgIpc) is 2.45. The lowest BCUT2D eigenvalue weighted by atomic mass is 10.1. The summed E-state index contributed by atoms with van der Waals surface area (Å²) >= 11 is 0. The van der Waals surface area contributed by atoms with Crippen LogP contribution in [0.25, 0.3) is 0 Å². The van der Waals surface area contributed by atoms with Gasteiger partial charge in [-0.05, 0) is 29.8 Å². The van der Waals surface area contributed by atoms with Gasteiger partial charge in [0.15, 0.2) is 0 Å². The number of hydrogen-bond acceptors (Lipinski definition) is 3. The first-order valence-corrected chi connectivity index (χ1v) is 6.34. The van der Waals surface area contributed by atoms with Crippen LogP contribution in [0.15, 0.2) is 42.5 Å². The Hall–Kier alpha value is -2.56. The highest BCUT2D eigenvalue weighted by atomic mass is 19.1. The van der Waals surface area contributed by atoms with E-state index >= 15 is 0 Å². The molecule has 21 heavy (non-hydrogen) atoms. The van der Waals surface area contributed by atoms with Gasteiger partial charge < -0.3 is 14.6 Å². The van der Waals surface area contributed by atoms with Crippen LogP contribution in [0.1, 0.15) is 11.1 Å². The molecule has 5 heteroatoms. The summed E-state index contributed by atoms with van der Waals surface area (Å²) in [6, 6.07) is 11.3. The minimum absolute atomic E-state index is 0.0619. The van der Waals surface area contributed by atoms with Crippen LogP contribution in [-0.4, -0.2) is 18.2 Å². The number of rotatable bonds is 6. The van der Waals surface area contributed by atoms with Crippen molar-refractivity contribution in [2.45, 2.75) is 13.0 Å². The Bertz CT molecular complexity index is 640. The van der Waals surface area contributed by atoms with Crippen LogP contribution < -0.4 is 9.47 Å². The topological polar surface area (TPSA) is 55.8 Å². The molecule has 0 radical (unpaired) electrons. The van der Waals surface area contributed by atoms with Crippen LogP contribution in [0.3, 0.4) is 0 Å². The summed E-state index contributed by atoms with van der Waals surface area (Å²) in [6.07, 6.45) is -0.0753. The second-order valence-corrected chi connectivity index (χ2v) is 4.46. The summed E-state index contributed by atoms with van der Waals surface area (Å²) in [5, 5.41) is 8.75. The smallest absolute Gasteiger partial charge is 0.307 e. The number of methoxy groups -OCH3 is 1. The fourth-order valence-electron chi connectivity index (χ4n) is 1.85. The van der Waals surface area contributed by atoms with E-state index in [0.717, 1.165) is 0 Å². The van der Waals surface area contributed by atoms with Crippen LogP contribution >= 0.6 is 0 Å². The van der Waals surface area contributed by atoms with Crippen molar-refractivity contribution in [1.29, 1.82) is 0 Å². The van der Waals surface area contributed by atoms with Gasteiger partial charge in [-0.2, -0.15) is 0 Å². The minimum Gasteiger partial charge on any atom is -0.497 e. The van der Waals surface area contributed by atoms with Crippen LogP contribution in [0.2, 0.25) is 0 Å². The lowest BCUT2D eigenvalue weighted by Gasteiger charge is -2.09. The Morgan fingerprint density at radius 1 is 1.19 bits per heavy atom. The summed E-state index contributed by atoms with van der Waals surface area (Å²) in [5.41, 5.74) is 1.04. The van der Waals surface area contributed by atoms with E-state index in [1.165, 1.54) is 13.2 Å². The molecule has 2 rings (SSSR count). The molecule has 2 aromatic carbocycles. The third kappa shape index (κ3) is 4.21. The monoisotopic (exact) mass is 290 g/mol. The zero-order valence-electron chi connectivity index (χ0n) is 11.5. The number of carbonyl (C=O) groups is 1. The summed E-state index contributed by atoms with van der Waals surface area (Å²) in [6.45, 7) is 0.0619. The second-order valence-electron chi connectivity index (χ2n) is 4.46. The first-order chi connectivity index (χ1) is 10.1. The molecular weight excluding hydrogens is 275 g/mol. The molecule has 1 N–H and O–H groups in total. The molecule has 0 aliphatic rings. The number of carboxylic acid groups (broad SMARTS) is 1. The van der Waals surface area contributed by atoms with Gasteiger partial charge in [0.25, 0.3) is 0 Å². The van der Waals surface area contributed by atoms with Crippen molar-refractivity contribution in [3.63, 3.8) is 0 Å². The van der Waals surface area contributed by atoms with Gasteiger partial charge in [-0.3, -0.25) is 4.79 Å². The van der Waals surface area contributed by atoms with Crippen molar-refractivity contribution < 1.29 is 23.8 Å². The van der Waals surface area contributed by atoms with Crippen LogP contribution in [0.5, 0.6) is 11.5 Å². The highest BCUT2D eigenvalue weighted by Crippen LogP contribution is 2.19. The zero-order chi connectivity index (χ0) is 15.2. The van der Waals surface area contributed by atoms with E-state index in [9.17, 15) is 9.18 Å². The van der Waals surface area contributed by atoms with E-state index in [-0.39, 0.29) is 13.0 Å². The van der Waals surface area contributed by atoms with Gasteiger partial charge in [-0.25, -0.2) is 4.39 Å². The predicted molar refractivity (Wildman–Crippen MR) is 75.1 cm³/mol. The van der Waals surface area contributed by atoms with Gasteiger partial charge in [0, 0.05) is 11.6 Å². The lowest BCUT2D eigenvalue weighted by molar-refractivity contribution is -0.136. The fourth-order valence-corrected chi connectivity index (χ4v) is 1.85. The Morgan fingerprint density at radius 3 is 2.67 bits per heavy atom. The Balaban J connectivity index is 2.04. The molecule has 0 atom stereocenters. The number of benzene rings is 2. The molecule has 0 spiro atoms. The number of ether oxygens (including phenoxy) is 2. The number of aliphatic carboxylic acids is 1. The van der Waals surface area contributed by atoms with Gasteiger partial charge in [-0.15, -0.1) is 0 Å². The van der Waals surface area contributed by atoms with E-state index in [1.807, 2.05) is 0 Å². The molecule has 2 aromatic rings. The first kappa shape index (κ1) is 14.8. The Kier molecular flexibility index (Phi) is 4.77. The number of hydrogen-bond donors (Lipinski definition) is 1. The average molecular weight is 290 g/mol. The van der Waals surface area contributed by atoms with E-state index in [0.29, 0.717) is 22.6 Å². The van der Waals surface area contributed by atoms with Gasteiger partial charge >= 0.3 is 5.97 Å². The molecular formula is C16H15FO4. The fraction of sp³-hybridized carbons (Fsp3) is 0.188. The number of carboxylic acids is 1. The molecule has 110 valence electrons. The lowest BCUT2D eigenvalue weighted by Crippen LogP contribution is -2.02. The summed E-state index contributed by atoms with van der Waals surface area (Å²) < 4.78 is 24.2. The highest BCUT2D eigenvalue weighted by molar-refractivity contribution is 5.70. The Morgan fingerprint density at radius 2 is 2.00 bits per heavy atom. The number of halogens is 1. The van der Waals surface area contributed by atoms with Crippen molar-refractivity contribution in [3.8, 4) is 11.5 Å². The van der Waals surface area contributed by atoms with Crippen molar-refractivity contribution >= 4 is 5.97 Å². The summed E-state index contributed by atoms with van der Waals surface area (Å²) in [5.74, 6) is -0.368. The molecule has 4 nitrogen and oxygen atoms in total. The molecule has 0 heterocycles. The van der Waals surface area contributed by atoms with E-state index in [4.69, 9.17) is 14.6 Å². The normalized spacial score (nSPS) is 10.2. The largest absolute Gasteiger partial charge is 0.497 e. The van der Waals surface area contributed by atoms with Gasteiger partial charge in [0.05, 0.1) is 13.5 Å². The van der Waals surface area contributed by atoms with Crippen molar-refractivity contribution in [2.24, 2.45) is 0 Å². The Labute approximate surface area is 121 Å². The SMILES string of the molecule is COc1ccc(COc2cccc(CC(=O)O)c2)c(F)c1. The summed E-state index contributed by atoms with van der Waals surface area (Å²) in [4.78, 5) is 10.7. The molecule has 0 fully saturated rings. The maximum Gasteiger partial charge on any atom is 0.307 e. The van der Waals surface area contributed by atoms with Gasteiger partial charge in [0.1, 0.15) is 23.9 Å². The molecule has 0 amide bonds. The van der Waals surface area contributed by atoms with E-state index in [2.05, 4.69) is 0 Å². The van der Waals surface area contributed by atoms with Gasteiger partial charge in [0.2, 0.25) is 0 Å².